The number of nitrogens with zero attached hydrogens (tertiary/aromatic N) is 1. The van der Waals surface area contributed by atoms with E-state index < -0.39 is 11.5 Å². The third-order valence-electron chi connectivity index (χ3n) is 2.42. The molecule has 0 amide bonds. The third-order valence-corrected chi connectivity index (χ3v) is 2.42. The highest BCUT2D eigenvalue weighted by molar-refractivity contribution is 5.77. The van der Waals surface area contributed by atoms with Crippen molar-refractivity contribution in [3.05, 3.63) is 11.6 Å². The highest BCUT2D eigenvalue weighted by Crippen LogP contribution is 2.14. The van der Waals surface area contributed by atoms with Gasteiger partial charge < -0.3 is 5.11 Å². The molecule has 82 valence electrons. The van der Waals surface area contributed by atoms with Gasteiger partial charge in [-0.1, -0.05) is 18.6 Å². The van der Waals surface area contributed by atoms with Crippen LogP contribution < -0.4 is 0 Å². The fraction of sp³-hybridized carbons (Fsp3) is 0.727. The van der Waals surface area contributed by atoms with E-state index in [2.05, 4.69) is 0 Å². The number of aliphatic carboxylic acids is 1. The van der Waals surface area contributed by atoms with Gasteiger partial charge in [0.05, 0.1) is 0 Å². The Balaban J connectivity index is 4.56. The van der Waals surface area contributed by atoms with E-state index in [9.17, 15) is 4.79 Å². The molecule has 0 aliphatic carbocycles. The molecule has 14 heavy (non-hydrogen) atoms. The number of hydrogen-bond donors (Lipinski definition) is 1. The van der Waals surface area contributed by atoms with Gasteiger partial charge in [-0.15, -0.1) is 0 Å². The first-order valence-electron chi connectivity index (χ1n) is 4.94. The van der Waals surface area contributed by atoms with Gasteiger partial charge >= 0.3 is 5.97 Å². The molecule has 0 saturated heterocycles. The molecule has 0 unspecified atom stereocenters. The number of likely N-dealkylation sites (N-methyl/N-ethyl adjacent to an activating group) is 1. The lowest BCUT2D eigenvalue weighted by Crippen LogP contribution is -2.50. The van der Waals surface area contributed by atoms with Gasteiger partial charge in [0.25, 0.3) is 0 Å². The standard InChI is InChI=1S/C11H21NO2/c1-6-12(8-7-9(2)3)11(4,5)10(13)14/h7H,6,8H2,1-5H3,(H,13,14). The molecule has 0 aromatic carbocycles. The molecule has 0 heterocycles. The average Bonchev–Trinajstić information content (AvgIpc) is 2.04. The Labute approximate surface area is 86.4 Å². The monoisotopic (exact) mass is 199 g/mol. The predicted octanol–water partition coefficient (Wildman–Crippen LogP) is 2.14. The van der Waals surface area contributed by atoms with Crippen LogP contribution in [0, 0.1) is 0 Å². The lowest BCUT2D eigenvalue weighted by Gasteiger charge is -2.33. The van der Waals surface area contributed by atoms with Crippen molar-refractivity contribution in [1.29, 1.82) is 0 Å². The number of allylic oxidation sites excluding steroid dienone is 1. The number of rotatable bonds is 5. The average molecular weight is 199 g/mol. The Morgan fingerprint density at radius 1 is 1.43 bits per heavy atom. The van der Waals surface area contributed by atoms with E-state index >= 15 is 0 Å². The Morgan fingerprint density at radius 3 is 2.21 bits per heavy atom. The smallest absolute Gasteiger partial charge is 0.323 e. The summed E-state index contributed by atoms with van der Waals surface area (Å²) >= 11 is 0. The number of carboxylic acids is 1. The molecule has 0 aliphatic rings. The molecule has 0 fully saturated rings. The van der Waals surface area contributed by atoms with E-state index in [-0.39, 0.29) is 0 Å². The van der Waals surface area contributed by atoms with Gasteiger partial charge in [0.1, 0.15) is 5.54 Å². The molecule has 0 spiro atoms. The van der Waals surface area contributed by atoms with Crippen LogP contribution in [0.1, 0.15) is 34.6 Å². The van der Waals surface area contributed by atoms with Crippen LogP contribution in [0.4, 0.5) is 0 Å². The van der Waals surface area contributed by atoms with E-state index in [0.29, 0.717) is 6.54 Å². The molecule has 0 aromatic heterocycles. The van der Waals surface area contributed by atoms with Crippen molar-refractivity contribution in [2.24, 2.45) is 0 Å². The molecular formula is C11H21NO2. The minimum absolute atomic E-state index is 0.693. The predicted molar refractivity (Wildman–Crippen MR) is 58.4 cm³/mol. The highest BCUT2D eigenvalue weighted by Gasteiger charge is 2.32. The van der Waals surface area contributed by atoms with Crippen molar-refractivity contribution in [2.75, 3.05) is 13.1 Å². The second-order valence-electron chi connectivity index (χ2n) is 4.18. The summed E-state index contributed by atoms with van der Waals surface area (Å²) in [6.45, 7) is 10.9. The normalized spacial score (nSPS) is 11.6. The van der Waals surface area contributed by atoms with Crippen LogP contribution >= 0.6 is 0 Å². The van der Waals surface area contributed by atoms with Crippen molar-refractivity contribution in [3.63, 3.8) is 0 Å². The van der Waals surface area contributed by atoms with Crippen LogP contribution in [0.25, 0.3) is 0 Å². The van der Waals surface area contributed by atoms with Crippen molar-refractivity contribution in [3.8, 4) is 0 Å². The minimum atomic E-state index is -0.791. The Kier molecular flexibility index (Phi) is 4.85. The fourth-order valence-corrected chi connectivity index (χ4v) is 1.18. The van der Waals surface area contributed by atoms with Crippen molar-refractivity contribution >= 4 is 5.97 Å². The lowest BCUT2D eigenvalue weighted by molar-refractivity contribution is -0.148. The molecule has 0 aromatic rings. The molecule has 0 saturated carbocycles. The van der Waals surface area contributed by atoms with Crippen LogP contribution in [0.5, 0.6) is 0 Å². The highest BCUT2D eigenvalue weighted by atomic mass is 16.4. The largest absolute Gasteiger partial charge is 0.480 e. The van der Waals surface area contributed by atoms with E-state index in [1.165, 1.54) is 5.57 Å². The van der Waals surface area contributed by atoms with Crippen LogP contribution in [0.15, 0.2) is 11.6 Å². The maximum Gasteiger partial charge on any atom is 0.323 e. The maximum atomic E-state index is 11.0. The summed E-state index contributed by atoms with van der Waals surface area (Å²) in [6, 6.07) is 0. The maximum absolute atomic E-state index is 11.0. The Morgan fingerprint density at radius 2 is 1.93 bits per heavy atom. The number of hydrogen-bond acceptors (Lipinski definition) is 2. The summed E-state index contributed by atoms with van der Waals surface area (Å²) in [7, 11) is 0. The number of carbonyl (C=O) groups is 1. The quantitative estimate of drug-likeness (QED) is 0.690. The van der Waals surface area contributed by atoms with Gasteiger partial charge in [-0.3, -0.25) is 9.69 Å². The van der Waals surface area contributed by atoms with Gasteiger partial charge in [0.2, 0.25) is 0 Å². The molecule has 0 radical (unpaired) electrons. The lowest BCUT2D eigenvalue weighted by atomic mass is 10.0. The summed E-state index contributed by atoms with van der Waals surface area (Å²) < 4.78 is 0. The first kappa shape index (κ1) is 13.2. The number of carboxylic acid groups (broad SMARTS) is 1. The van der Waals surface area contributed by atoms with Gasteiger partial charge in [-0.25, -0.2) is 0 Å². The molecule has 0 bridgehead atoms. The Bertz CT molecular complexity index is 227. The molecule has 3 heteroatoms. The van der Waals surface area contributed by atoms with Crippen LogP contribution in [-0.2, 0) is 4.79 Å². The molecule has 0 aliphatic heterocycles. The van der Waals surface area contributed by atoms with Crippen molar-refractivity contribution in [2.45, 2.75) is 40.2 Å². The second-order valence-corrected chi connectivity index (χ2v) is 4.18. The van der Waals surface area contributed by atoms with Crippen LogP contribution in [0.2, 0.25) is 0 Å². The summed E-state index contributed by atoms with van der Waals surface area (Å²) in [5.74, 6) is -0.776. The van der Waals surface area contributed by atoms with Crippen molar-refractivity contribution < 1.29 is 9.90 Å². The molecular weight excluding hydrogens is 178 g/mol. The van der Waals surface area contributed by atoms with Crippen LogP contribution in [0.3, 0.4) is 0 Å². The SMILES string of the molecule is CCN(CC=C(C)C)C(C)(C)C(=O)O. The first-order valence-corrected chi connectivity index (χ1v) is 4.94. The summed E-state index contributed by atoms with van der Waals surface area (Å²) in [5.41, 5.74) is 0.422. The van der Waals surface area contributed by atoms with E-state index in [4.69, 9.17) is 5.11 Å². The molecule has 0 atom stereocenters. The molecule has 1 N–H and O–H groups in total. The van der Waals surface area contributed by atoms with Crippen molar-refractivity contribution in [1.82, 2.24) is 4.90 Å². The van der Waals surface area contributed by atoms with E-state index in [0.717, 1.165) is 6.54 Å². The minimum Gasteiger partial charge on any atom is -0.480 e. The van der Waals surface area contributed by atoms with Gasteiger partial charge in [-0.2, -0.15) is 0 Å². The topological polar surface area (TPSA) is 40.5 Å². The molecule has 0 rings (SSSR count). The van der Waals surface area contributed by atoms with E-state index in [1.54, 1.807) is 13.8 Å². The first-order chi connectivity index (χ1) is 6.32. The molecule has 3 nitrogen and oxygen atoms in total. The zero-order valence-corrected chi connectivity index (χ0v) is 9.79. The fourth-order valence-electron chi connectivity index (χ4n) is 1.18. The summed E-state index contributed by atoms with van der Waals surface area (Å²) in [5, 5.41) is 9.05. The van der Waals surface area contributed by atoms with Crippen LogP contribution in [-0.4, -0.2) is 34.6 Å². The Hall–Kier alpha value is -0.830. The third kappa shape index (κ3) is 3.50. The van der Waals surface area contributed by atoms with Gasteiger partial charge in [-0.05, 0) is 34.2 Å². The van der Waals surface area contributed by atoms with E-state index in [1.807, 2.05) is 31.7 Å². The zero-order valence-electron chi connectivity index (χ0n) is 9.79. The van der Waals surface area contributed by atoms with Gasteiger partial charge in [0.15, 0.2) is 0 Å². The summed E-state index contributed by atoms with van der Waals surface area (Å²) in [4.78, 5) is 12.9. The summed E-state index contributed by atoms with van der Waals surface area (Å²) in [6.07, 6.45) is 2.05. The zero-order chi connectivity index (χ0) is 11.4. The second kappa shape index (κ2) is 5.15. The van der Waals surface area contributed by atoms with Gasteiger partial charge in [0, 0.05) is 6.54 Å².